The van der Waals surface area contributed by atoms with E-state index in [9.17, 15) is 5.11 Å². The molecular formula is C15H22N2O. The molecule has 0 saturated carbocycles. The molecule has 1 heterocycles. The van der Waals surface area contributed by atoms with E-state index in [2.05, 4.69) is 48.5 Å². The largest absolute Gasteiger partial charge is 0.388 e. The predicted molar refractivity (Wildman–Crippen MR) is 74.5 cm³/mol. The van der Waals surface area contributed by atoms with Crippen molar-refractivity contribution < 1.29 is 5.11 Å². The monoisotopic (exact) mass is 246 g/mol. The van der Waals surface area contributed by atoms with E-state index in [1.165, 1.54) is 5.56 Å². The first-order valence-corrected chi connectivity index (χ1v) is 6.74. The number of aliphatic hydroxyl groups excluding tert-OH is 1. The Morgan fingerprint density at radius 2 is 2.11 bits per heavy atom. The molecule has 0 spiro atoms. The average Bonchev–Trinajstić information content (AvgIpc) is 2.72. The lowest BCUT2D eigenvalue weighted by Gasteiger charge is -2.09. The Kier molecular flexibility index (Phi) is 4.02. The van der Waals surface area contributed by atoms with Crippen LogP contribution in [-0.4, -0.2) is 14.7 Å². The second-order valence-corrected chi connectivity index (χ2v) is 5.20. The Morgan fingerprint density at radius 1 is 1.33 bits per heavy atom. The zero-order valence-corrected chi connectivity index (χ0v) is 11.5. The predicted octanol–water partition coefficient (Wildman–Crippen LogP) is 3.14. The first-order valence-electron chi connectivity index (χ1n) is 6.74. The lowest BCUT2D eigenvalue weighted by Crippen LogP contribution is -2.06. The lowest BCUT2D eigenvalue weighted by atomic mass is 10.1. The van der Waals surface area contributed by atoms with Crippen LogP contribution in [0.5, 0.6) is 0 Å². The molecule has 0 atom stereocenters. The van der Waals surface area contributed by atoms with Crippen LogP contribution in [0.25, 0.3) is 11.0 Å². The van der Waals surface area contributed by atoms with Gasteiger partial charge in [0, 0.05) is 6.54 Å². The summed E-state index contributed by atoms with van der Waals surface area (Å²) >= 11 is 0. The molecule has 3 heteroatoms. The fraction of sp³-hybridized carbons (Fsp3) is 0.533. The van der Waals surface area contributed by atoms with Gasteiger partial charge < -0.3 is 9.67 Å². The van der Waals surface area contributed by atoms with Crippen molar-refractivity contribution in [3.05, 3.63) is 29.6 Å². The average molecular weight is 246 g/mol. The summed E-state index contributed by atoms with van der Waals surface area (Å²) in [6.45, 7) is 7.51. The van der Waals surface area contributed by atoms with Crippen LogP contribution in [0.1, 0.15) is 38.6 Å². The van der Waals surface area contributed by atoms with Gasteiger partial charge in [0.05, 0.1) is 11.0 Å². The zero-order valence-electron chi connectivity index (χ0n) is 11.5. The van der Waals surface area contributed by atoms with E-state index in [-0.39, 0.29) is 6.61 Å². The van der Waals surface area contributed by atoms with Gasteiger partial charge in [0.25, 0.3) is 0 Å². The Bertz CT molecular complexity index is 529. The molecule has 0 unspecified atom stereocenters. The summed E-state index contributed by atoms with van der Waals surface area (Å²) in [6, 6.07) is 6.40. The highest BCUT2D eigenvalue weighted by Gasteiger charge is 2.10. The number of hydrogen-bond donors (Lipinski definition) is 1. The van der Waals surface area contributed by atoms with E-state index in [4.69, 9.17) is 0 Å². The molecule has 98 valence electrons. The molecular weight excluding hydrogens is 224 g/mol. The maximum atomic E-state index is 9.43. The Morgan fingerprint density at radius 3 is 2.72 bits per heavy atom. The Hall–Kier alpha value is -1.35. The third kappa shape index (κ3) is 2.56. The van der Waals surface area contributed by atoms with Crippen molar-refractivity contribution in [1.82, 2.24) is 9.55 Å². The van der Waals surface area contributed by atoms with Crippen molar-refractivity contribution in [2.75, 3.05) is 0 Å². The molecule has 0 radical (unpaired) electrons. The van der Waals surface area contributed by atoms with Gasteiger partial charge in [-0.3, -0.25) is 0 Å². The van der Waals surface area contributed by atoms with Crippen molar-refractivity contribution >= 4 is 11.0 Å². The summed E-state index contributed by atoms with van der Waals surface area (Å²) in [6.07, 6.45) is 2.12. The summed E-state index contributed by atoms with van der Waals surface area (Å²) in [5.74, 6) is 1.43. The van der Waals surface area contributed by atoms with Crippen molar-refractivity contribution in [2.24, 2.45) is 5.92 Å². The first-order chi connectivity index (χ1) is 8.65. The Balaban J connectivity index is 2.42. The number of nitrogens with zero attached hydrogens (tertiary/aromatic N) is 2. The second-order valence-electron chi connectivity index (χ2n) is 5.20. The van der Waals surface area contributed by atoms with Gasteiger partial charge in [-0.2, -0.15) is 0 Å². The van der Waals surface area contributed by atoms with Gasteiger partial charge in [-0.25, -0.2) is 4.98 Å². The summed E-state index contributed by atoms with van der Waals surface area (Å²) in [4.78, 5) is 4.53. The van der Waals surface area contributed by atoms with Crippen LogP contribution in [0.4, 0.5) is 0 Å². The van der Waals surface area contributed by atoms with Gasteiger partial charge in [-0.05, 0) is 36.5 Å². The number of benzene rings is 1. The second kappa shape index (κ2) is 5.53. The number of imidazole rings is 1. The molecule has 0 bridgehead atoms. The molecule has 1 aromatic carbocycles. The summed E-state index contributed by atoms with van der Waals surface area (Å²) < 4.78 is 2.15. The fourth-order valence-corrected chi connectivity index (χ4v) is 2.20. The normalized spacial score (nSPS) is 11.6. The van der Waals surface area contributed by atoms with E-state index in [1.54, 1.807) is 0 Å². The molecule has 2 aromatic rings. The molecule has 0 aliphatic carbocycles. The number of hydrogen-bond acceptors (Lipinski definition) is 2. The summed E-state index contributed by atoms with van der Waals surface area (Å²) in [5, 5.41) is 9.43. The first kappa shape index (κ1) is 13.1. The van der Waals surface area contributed by atoms with E-state index in [1.807, 2.05) is 0 Å². The van der Waals surface area contributed by atoms with E-state index >= 15 is 0 Å². The molecule has 1 N–H and O–H groups in total. The highest BCUT2D eigenvalue weighted by Crippen LogP contribution is 2.20. The third-order valence-corrected chi connectivity index (χ3v) is 3.37. The SMILES string of the molecule is CCc1ccc2c(c1)nc(CO)n2CCC(C)C. The smallest absolute Gasteiger partial charge is 0.135 e. The molecule has 0 amide bonds. The van der Waals surface area contributed by atoms with Crippen molar-refractivity contribution in [1.29, 1.82) is 0 Å². The highest BCUT2D eigenvalue weighted by atomic mass is 16.3. The van der Waals surface area contributed by atoms with Crippen LogP contribution in [0, 0.1) is 5.92 Å². The minimum Gasteiger partial charge on any atom is -0.388 e. The number of fused-ring (bicyclic) bond motifs is 1. The Labute approximate surface area is 108 Å². The summed E-state index contributed by atoms with van der Waals surface area (Å²) in [5.41, 5.74) is 3.43. The van der Waals surface area contributed by atoms with E-state index in [0.717, 1.165) is 36.2 Å². The summed E-state index contributed by atoms with van der Waals surface area (Å²) in [7, 11) is 0. The molecule has 0 fully saturated rings. The fourth-order valence-electron chi connectivity index (χ4n) is 2.20. The van der Waals surface area contributed by atoms with E-state index in [0.29, 0.717) is 5.92 Å². The molecule has 0 aliphatic rings. The molecule has 2 rings (SSSR count). The highest BCUT2D eigenvalue weighted by molar-refractivity contribution is 5.77. The molecule has 0 saturated heterocycles. The standard InChI is InChI=1S/C15H22N2O/c1-4-12-5-6-14-13(9-12)16-15(10-18)17(14)8-7-11(2)3/h5-6,9,11,18H,4,7-8,10H2,1-3H3. The quantitative estimate of drug-likeness (QED) is 0.880. The van der Waals surface area contributed by atoms with Crippen LogP contribution in [0.2, 0.25) is 0 Å². The van der Waals surface area contributed by atoms with Gasteiger partial charge in [0.2, 0.25) is 0 Å². The van der Waals surface area contributed by atoms with Gasteiger partial charge >= 0.3 is 0 Å². The van der Waals surface area contributed by atoms with Crippen molar-refractivity contribution in [3.8, 4) is 0 Å². The van der Waals surface area contributed by atoms with Crippen molar-refractivity contribution in [3.63, 3.8) is 0 Å². The van der Waals surface area contributed by atoms with Gasteiger partial charge in [-0.15, -0.1) is 0 Å². The van der Waals surface area contributed by atoms with Crippen LogP contribution in [-0.2, 0) is 19.6 Å². The van der Waals surface area contributed by atoms with Gasteiger partial charge in [-0.1, -0.05) is 26.8 Å². The minimum absolute atomic E-state index is 0.00817. The third-order valence-electron chi connectivity index (χ3n) is 3.37. The molecule has 0 aliphatic heterocycles. The zero-order chi connectivity index (χ0) is 13.1. The lowest BCUT2D eigenvalue weighted by molar-refractivity contribution is 0.264. The van der Waals surface area contributed by atoms with Crippen LogP contribution < -0.4 is 0 Å². The van der Waals surface area contributed by atoms with Crippen LogP contribution in [0.3, 0.4) is 0 Å². The van der Waals surface area contributed by atoms with Crippen molar-refractivity contribution in [2.45, 2.75) is 46.8 Å². The van der Waals surface area contributed by atoms with Gasteiger partial charge in [0.15, 0.2) is 0 Å². The van der Waals surface area contributed by atoms with Crippen LogP contribution in [0.15, 0.2) is 18.2 Å². The van der Waals surface area contributed by atoms with Gasteiger partial charge in [0.1, 0.15) is 12.4 Å². The molecule has 3 nitrogen and oxygen atoms in total. The number of aliphatic hydroxyl groups is 1. The van der Waals surface area contributed by atoms with E-state index < -0.39 is 0 Å². The topological polar surface area (TPSA) is 38.1 Å². The maximum absolute atomic E-state index is 9.43. The minimum atomic E-state index is 0.00817. The molecule has 1 aromatic heterocycles. The number of aryl methyl sites for hydroxylation is 2. The molecule has 18 heavy (non-hydrogen) atoms. The number of rotatable bonds is 5. The number of aromatic nitrogens is 2. The van der Waals surface area contributed by atoms with Crippen LogP contribution >= 0.6 is 0 Å². The maximum Gasteiger partial charge on any atom is 0.135 e.